The summed E-state index contributed by atoms with van der Waals surface area (Å²) in [4.78, 5) is 37.6. The molecular weight excluding hydrogens is 336 g/mol. The average Bonchev–Trinajstić information content (AvgIpc) is 2.54. The molecule has 0 fully saturated rings. The van der Waals surface area contributed by atoms with Crippen LogP contribution < -0.4 is 15.0 Å². The van der Waals surface area contributed by atoms with E-state index >= 15 is 0 Å². The smallest absolute Gasteiger partial charge is 0.326 e. The van der Waals surface area contributed by atoms with Gasteiger partial charge in [-0.05, 0) is 37.3 Å². The minimum absolute atomic E-state index is 0.0347. The summed E-state index contributed by atoms with van der Waals surface area (Å²) in [5.41, 5.74) is 0.472. The van der Waals surface area contributed by atoms with Gasteiger partial charge in [-0.25, -0.2) is 4.79 Å². The van der Waals surface area contributed by atoms with Gasteiger partial charge in [0.1, 0.15) is 18.3 Å². The van der Waals surface area contributed by atoms with Gasteiger partial charge in [0.25, 0.3) is 5.91 Å². The second kappa shape index (κ2) is 7.76. The van der Waals surface area contributed by atoms with E-state index in [9.17, 15) is 19.5 Å². The van der Waals surface area contributed by atoms with Crippen molar-refractivity contribution in [2.75, 3.05) is 11.4 Å². The second-order valence-corrected chi connectivity index (χ2v) is 7.71. The van der Waals surface area contributed by atoms with Gasteiger partial charge in [0.05, 0.1) is 5.69 Å². The van der Waals surface area contributed by atoms with Crippen molar-refractivity contribution >= 4 is 23.5 Å². The lowest BCUT2D eigenvalue weighted by Crippen LogP contribution is -2.51. The normalized spacial score (nSPS) is 17.9. The minimum atomic E-state index is -1.08. The molecule has 7 nitrogen and oxygen atoms in total. The Hall–Kier alpha value is -2.57. The molecule has 2 unspecified atom stereocenters. The third kappa shape index (κ3) is 4.97. The van der Waals surface area contributed by atoms with Crippen molar-refractivity contribution in [2.24, 2.45) is 5.41 Å². The monoisotopic (exact) mass is 362 g/mol. The van der Waals surface area contributed by atoms with Crippen molar-refractivity contribution in [3.8, 4) is 5.75 Å². The zero-order valence-corrected chi connectivity index (χ0v) is 15.6. The summed E-state index contributed by atoms with van der Waals surface area (Å²) in [6, 6.07) is 5.98. The molecule has 0 saturated heterocycles. The maximum atomic E-state index is 12.4. The van der Waals surface area contributed by atoms with Crippen molar-refractivity contribution in [3.05, 3.63) is 24.3 Å². The van der Waals surface area contributed by atoms with Gasteiger partial charge in [0, 0.05) is 0 Å². The Balaban J connectivity index is 2.08. The number of anilines is 1. The van der Waals surface area contributed by atoms with Crippen LogP contribution in [0.2, 0.25) is 0 Å². The van der Waals surface area contributed by atoms with Crippen molar-refractivity contribution in [3.63, 3.8) is 0 Å². The number of hydrogen-bond donors (Lipinski definition) is 2. The fourth-order valence-electron chi connectivity index (χ4n) is 2.74. The fraction of sp³-hybridized carbons (Fsp3) is 0.526. The van der Waals surface area contributed by atoms with E-state index in [4.69, 9.17) is 4.74 Å². The van der Waals surface area contributed by atoms with Gasteiger partial charge in [-0.3, -0.25) is 14.5 Å². The molecule has 0 bridgehead atoms. The molecule has 26 heavy (non-hydrogen) atoms. The Kier molecular flexibility index (Phi) is 5.90. The second-order valence-electron chi connectivity index (χ2n) is 7.71. The maximum absolute atomic E-state index is 12.4. The number of carbonyl (C=O) groups is 3. The van der Waals surface area contributed by atoms with Gasteiger partial charge < -0.3 is 15.2 Å². The average molecular weight is 362 g/mol. The Morgan fingerprint density at radius 2 is 1.96 bits per heavy atom. The number of carbonyl (C=O) groups excluding carboxylic acids is 2. The number of hydrogen-bond acceptors (Lipinski definition) is 4. The number of rotatable bonds is 6. The first-order valence-electron chi connectivity index (χ1n) is 8.68. The first kappa shape index (κ1) is 19.8. The lowest BCUT2D eigenvalue weighted by atomic mass is 9.88. The molecule has 0 radical (unpaired) electrons. The van der Waals surface area contributed by atoms with Crippen molar-refractivity contribution in [1.82, 2.24) is 5.32 Å². The van der Waals surface area contributed by atoms with Crippen molar-refractivity contribution in [2.45, 2.75) is 52.7 Å². The summed E-state index contributed by atoms with van der Waals surface area (Å²) in [6.45, 7) is 7.41. The molecule has 1 aromatic carbocycles. The number of ether oxygens (including phenoxy) is 1. The summed E-state index contributed by atoms with van der Waals surface area (Å²) < 4.78 is 5.53. The van der Waals surface area contributed by atoms with E-state index in [1.54, 1.807) is 31.2 Å². The summed E-state index contributed by atoms with van der Waals surface area (Å²) in [5, 5.41) is 11.9. The topological polar surface area (TPSA) is 95.9 Å². The molecule has 0 aromatic heterocycles. The molecule has 1 aliphatic rings. The number of amides is 2. The lowest BCUT2D eigenvalue weighted by molar-refractivity contribution is -0.142. The molecule has 7 heteroatoms. The van der Waals surface area contributed by atoms with E-state index in [0.29, 0.717) is 24.3 Å². The van der Waals surface area contributed by atoms with Crippen LogP contribution in [0.4, 0.5) is 5.69 Å². The Morgan fingerprint density at radius 3 is 2.58 bits per heavy atom. The number of nitrogens with one attached hydrogen (secondary N) is 1. The molecule has 2 rings (SSSR count). The van der Waals surface area contributed by atoms with E-state index < -0.39 is 24.0 Å². The van der Waals surface area contributed by atoms with Crippen LogP contribution in [-0.2, 0) is 14.4 Å². The minimum Gasteiger partial charge on any atom is -0.480 e. The molecule has 0 saturated carbocycles. The fourth-order valence-corrected chi connectivity index (χ4v) is 2.74. The molecule has 2 N–H and O–H groups in total. The first-order chi connectivity index (χ1) is 12.1. The van der Waals surface area contributed by atoms with Gasteiger partial charge in [0.15, 0.2) is 6.10 Å². The third-order valence-corrected chi connectivity index (χ3v) is 4.19. The number of para-hydroxylation sites is 2. The van der Waals surface area contributed by atoms with Crippen LogP contribution in [0.1, 0.15) is 40.5 Å². The molecule has 0 spiro atoms. The van der Waals surface area contributed by atoms with E-state index in [1.807, 2.05) is 20.8 Å². The summed E-state index contributed by atoms with van der Waals surface area (Å²) >= 11 is 0. The van der Waals surface area contributed by atoms with E-state index in [1.165, 1.54) is 4.90 Å². The number of nitrogens with zero attached hydrogens (tertiary/aromatic N) is 1. The Morgan fingerprint density at radius 1 is 1.31 bits per heavy atom. The van der Waals surface area contributed by atoms with Crippen molar-refractivity contribution < 1.29 is 24.2 Å². The van der Waals surface area contributed by atoms with E-state index in [2.05, 4.69) is 5.32 Å². The number of fused-ring (bicyclic) bond motifs is 1. The Labute approximate surface area is 153 Å². The van der Waals surface area contributed by atoms with Crippen LogP contribution in [-0.4, -0.2) is 41.6 Å². The van der Waals surface area contributed by atoms with Gasteiger partial charge in [-0.1, -0.05) is 32.9 Å². The highest BCUT2D eigenvalue weighted by Crippen LogP contribution is 2.33. The van der Waals surface area contributed by atoms with Gasteiger partial charge in [-0.2, -0.15) is 0 Å². The zero-order valence-electron chi connectivity index (χ0n) is 15.6. The lowest BCUT2D eigenvalue weighted by Gasteiger charge is -2.32. The van der Waals surface area contributed by atoms with Crippen LogP contribution in [0.25, 0.3) is 0 Å². The highest BCUT2D eigenvalue weighted by Gasteiger charge is 2.33. The number of carboxylic acid groups (broad SMARTS) is 1. The standard InChI is InChI=1S/C19H26N2O5/c1-12-17(23)21(14-7-5-6-8-15(14)26-12)11-16(22)20-13(18(24)25)9-10-19(2,3)4/h5-8,12-13H,9-11H2,1-4H3,(H,20,22)(H,24,25). The highest BCUT2D eigenvalue weighted by molar-refractivity contribution is 6.04. The van der Waals surface area contributed by atoms with E-state index in [0.717, 1.165) is 0 Å². The van der Waals surface area contributed by atoms with Crippen LogP contribution in [0.3, 0.4) is 0 Å². The van der Waals surface area contributed by atoms with Gasteiger partial charge in [-0.15, -0.1) is 0 Å². The largest absolute Gasteiger partial charge is 0.480 e. The molecule has 142 valence electrons. The molecule has 2 amide bonds. The van der Waals surface area contributed by atoms with Crippen molar-refractivity contribution in [1.29, 1.82) is 0 Å². The first-order valence-corrected chi connectivity index (χ1v) is 8.68. The maximum Gasteiger partial charge on any atom is 0.326 e. The molecule has 1 aromatic rings. The summed E-state index contributed by atoms with van der Waals surface area (Å²) in [7, 11) is 0. The number of benzene rings is 1. The predicted molar refractivity (Wildman–Crippen MR) is 97.1 cm³/mol. The van der Waals surface area contributed by atoms with Crippen LogP contribution >= 0.6 is 0 Å². The number of carboxylic acids is 1. The van der Waals surface area contributed by atoms with E-state index in [-0.39, 0.29) is 17.9 Å². The zero-order chi connectivity index (χ0) is 19.5. The molecule has 1 heterocycles. The highest BCUT2D eigenvalue weighted by atomic mass is 16.5. The predicted octanol–water partition coefficient (Wildman–Crippen LogP) is 2.20. The van der Waals surface area contributed by atoms with Gasteiger partial charge in [0.2, 0.25) is 5.91 Å². The molecule has 0 aliphatic carbocycles. The molecule has 1 aliphatic heterocycles. The quantitative estimate of drug-likeness (QED) is 0.809. The van der Waals surface area contributed by atoms with Crippen LogP contribution in [0, 0.1) is 5.41 Å². The molecular formula is C19H26N2O5. The SMILES string of the molecule is CC1Oc2ccccc2N(CC(=O)NC(CCC(C)(C)C)C(=O)O)C1=O. The number of aliphatic carboxylic acids is 1. The third-order valence-electron chi connectivity index (χ3n) is 4.19. The van der Waals surface area contributed by atoms with Gasteiger partial charge >= 0.3 is 5.97 Å². The Bertz CT molecular complexity index is 695. The van der Waals surface area contributed by atoms with Crippen LogP contribution in [0.5, 0.6) is 5.75 Å². The summed E-state index contributed by atoms with van der Waals surface area (Å²) in [6.07, 6.45) is 0.281. The van der Waals surface area contributed by atoms with Crippen LogP contribution in [0.15, 0.2) is 24.3 Å². The summed E-state index contributed by atoms with van der Waals surface area (Å²) in [5.74, 6) is -1.40. The molecule has 2 atom stereocenters.